The van der Waals surface area contributed by atoms with Gasteiger partial charge in [-0.2, -0.15) is 5.10 Å². The third-order valence-electron chi connectivity index (χ3n) is 3.85. The van der Waals surface area contributed by atoms with Crippen LogP contribution in [0, 0.1) is 0 Å². The minimum absolute atomic E-state index is 0.552. The average molecular weight is 333 g/mol. The number of fused-ring (bicyclic) bond motifs is 1. The van der Waals surface area contributed by atoms with Crippen LogP contribution in [-0.4, -0.2) is 22.3 Å². The highest BCUT2D eigenvalue weighted by Gasteiger charge is 2.19. The zero-order valence-corrected chi connectivity index (χ0v) is 13.9. The first-order chi connectivity index (χ1) is 11.8. The molecule has 4 aromatic rings. The SMILES string of the molecule is C=C(OC)c1nc(-c2n[nH]c3ccccc23)sc1-c1ccccc1. The second-order valence-electron chi connectivity index (χ2n) is 5.31. The van der Waals surface area contributed by atoms with Crippen LogP contribution in [0.5, 0.6) is 0 Å². The van der Waals surface area contributed by atoms with Crippen LogP contribution in [0.25, 0.3) is 37.8 Å². The number of aromatic amines is 1. The second-order valence-corrected chi connectivity index (χ2v) is 6.31. The van der Waals surface area contributed by atoms with Crippen molar-refractivity contribution in [2.75, 3.05) is 7.11 Å². The lowest BCUT2D eigenvalue weighted by Crippen LogP contribution is -1.89. The van der Waals surface area contributed by atoms with Gasteiger partial charge in [-0.05, 0) is 11.6 Å². The van der Waals surface area contributed by atoms with Gasteiger partial charge in [0.2, 0.25) is 0 Å². The van der Waals surface area contributed by atoms with E-state index < -0.39 is 0 Å². The van der Waals surface area contributed by atoms with Crippen molar-refractivity contribution in [2.24, 2.45) is 0 Å². The van der Waals surface area contributed by atoms with Crippen molar-refractivity contribution in [1.29, 1.82) is 0 Å². The van der Waals surface area contributed by atoms with E-state index in [2.05, 4.69) is 28.9 Å². The number of para-hydroxylation sites is 1. The molecular weight excluding hydrogens is 318 g/mol. The first-order valence-electron chi connectivity index (χ1n) is 7.51. The zero-order valence-electron chi connectivity index (χ0n) is 13.1. The van der Waals surface area contributed by atoms with Crippen molar-refractivity contribution < 1.29 is 4.74 Å². The Kier molecular flexibility index (Phi) is 3.63. The molecule has 0 atom stereocenters. The lowest BCUT2D eigenvalue weighted by Gasteiger charge is -2.03. The Labute approximate surface area is 143 Å². The molecule has 0 bridgehead atoms. The summed E-state index contributed by atoms with van der Waals surface area (Å²) in [6.45, 7) is 3.98. The molecule has 1 N–H and O–H groups in total. The summed E-state index contributed by atoms with van der Waals surface area (Å²) in [4.78, 5) is 5.79. The number of benzene rings is 2. The molecule has 4 rings (SSSR count). The highest BCUT2D eigenvalue weighted by atomic mass is 32.1. The number of methoxy groups -OCH3 is 1. The number of nitrogens with one attached hydrogen (secondary N) is 1. The Bertz CT molecular complexity index is 1020. The highest BCUT2D eigenvalue weighted by Crippen LogP contribution is 2.39. The number of rotatable bonds is 4. The maximum Gasteiger partial charge on any atom is 0.145 e. The van der Waals surface area contributed by atoms with Gasteiger partial charge in [0.1, 0.15) is 22.2 Å². The van der Waals surface area contributed by atoms with Crippen LogP contribution in [0.15, 0.2) is 61.2 Å². The van der Waals surface area contributed by atoms with Gasteiger partial charge in [0.05, 0.1) is 17.5 Å². The summed E-state index contributed by atoms with van der Waals surface area (Å²) in [5.74, 6) is 0.552. The standard InChI is InChI=1S/C19H15N3OS/c1-12(23-2)16-18(13-8-4-3-5-9-13)24-19(20-16)17-14-10-6-7-11-15(14)21-22-17/h3-11H,1H2,2H3,(H,21,22). The smallest absolute Gasteiger partial charge is 0.145 e. The topological polar surface area (TPSA) is 50.8 Å². The molecule has 0 amide bonds. The van der Waals surface area contributed by atoms with E-state index in [1.165, 1.54) is 0 Å². The van der Waals surface area contributed by atoms with Gasteiger partial charge < -0.3 is 4.74 Å². The second kappa shape index (κ2) is 5.94. The van der Waals surface area contributed by atoms with Crippen molar-refractivity contribution in [1.82, 2.24) is 15.2 Å². The summed E-state index contributed by atoms with van der Waals surface area (Å²) in [7, 11) is 1.61. The van der Waals surface area contributed by atoms with Gasteiger partial charge in [0.15, 0.2) is 0 Å². The van der Waals surface area contributed by atoms with Crippen LogP contribution in [0.3, 0.4) is 0 Å². The Morgan fingerprint density at radius 3 is 2.62 bits per heavy atom. The zero-order chi connectivity index (χ0) is 16.5. The quantitative estimate of drug-likeness (QED) is 0.536. The first kappa shape index (κ1) is 14.7. The van der Waals surface area contributed by atoms with E-state index in [0.29, 0.717) is 5.76 Å². The van der Waals surface area contributed by atoms with Crippen molar-refractivity contribution in [3.63, 3.8) is 0 Å². The molecule has 0 unspecified atom stereocenters. The summed E-state index contributed by atoms with van der Waals surface area (Å²) in [5, 5.41) is 9.42. The molecule has 0 fully saturated rings. The van der Waals surface area contributed by atoms with Gasteiger partial charge in [-0.25, -0.2) is 4.98 Å². The van der Waals surface area contributed by atoms with Crippen molar-refractivity contribution in [3.05, 3.63) is 66.9 Å². The van der Waals surface area contributed by atoms with E-state index >= 15 is 0 Å². The van der Waals surface area contributed by atoms with Gasteiger partial charge in [0.25, 0.3) is 0 Å². The van der Waals surface area contributed by atoms with Gasteiger partial charge in [-0.15, -0.1) is 11.3 Å². The molecule has 118 valence electrons. The van der Waals surface area contributed by atoms with Crippen LogP contribution in [-0.2, 0) is 4.74 Å². The average Bonchev–Trinajstić information content (AvgIpc) is 3.26. The maximum absolute atomic E-state index is 5.34. The summed E-state index contributed by atoms with van der Waals surface area (Å²) in [6.07, 6.45) is 0. The van der Waals surface area contributed by atoms with Gasteiger partial charge >= 0.3 is 0 Å². The van der Waals surface area contributed by atoms with Crippen LogP contribution >= 0.6 is 11.3 Å². The molecule has 24 heavy (non-hydrogen) atoms. The molecule has 2 aromatic carbocycles. The van der Waals surface area contributed by atoms with Crippen LogP contribution in [0.4, 0.5) is 0 Å². The summed E-state index contributed by atoms with van der Waals surface area (Å²) in [5.41, 5.74) is 3.70. The minimum Gasteiger partial charge on any atom is -0.495 e. The Morgan fingerprint density at radius 1 is 1.08 bits per heavy atom. The van der Waals surface area contributed by atoms with E-state index in [0.717, 1.165) is 37.7 Å². The summed E-state index contributed by atoms with van der Waals surface area (Å²) >= 11 is 1.59. The lowest BCUT2D eigenvalue weighted by atomic mass is 10.1. The van der Waals surface area contributed by atoms with Crippen molar-refractivity contribution >= 4 is 28.0 Å². The maximum atomic E-state index is 5.34. The van der Waals surface area contributed by atoms with E-state index in [1.807, 2.05) is 42.5 Å². The van der Waals surface area contributed by atoms with E-state index in [4.69, 9.17) is 9.72 Å². The molecule has 5 heteroatoms. The molecule has 0 aliphatic carbocycles. The third-order valence-corrected chi connectivity index (χ3v) is 4.96. The third kappa shape index (κ3) is 2.39. The fourth-order valence-corrected chi connectivity index (χ4v) is 3.71. The highest BCUT2D eigenvalue weighted by molar-refractivity contribution is 7.18. The lowest BCUT2D eigenvalue weighted by molar-refractivity contribution is 0.370. The Morgan fingerprint density at radius 2 is 1.83 bits per heavy atom. The molecule has 0 aliphatic heterocycles. The fraction of sp³-hybridized carbons (Fsp3) is 0.0526. The predicted molar refractivity (Wildman–Crippen MR) is 98.7 cm³/mol. The molecule has 0 spiro atoms. The first-order valence-corrected chi connectivity index (χ1v) is 8.32. The summed E-state index contributed by atoms with van der Waals surface area (Å²) in [6, 6.07) is 18.2. The molecule has 2 heterocycles. The summed E-state index contributed by atoms with van der Waals surface area (Å²) < 4.78 is 5.34. The Hall–Kier alpha value is -2.92. The number of thiazole rings is 1. The Balaban J connectivity index is 1.92. The van der Waals surface area contributed by atoms with E-state index in [-0.39, 0.29) is 0 Å². The largest absolute Gasteiger partial charge is 0.495 e. The van der Waals surface area contributed by atoms with Crippen LogP contribution < -0.4 is 0 Å². The molecule has 0 saturated heterocycles. The molecule has 0 radical (unpaired) electrons. The molecular formula is C19H15N3OS. The molecule has 2 aromatic heterocycles. The number of hydrogen-bond donors (Lipinski definition) is 1. The number of nitrogens with zero attached hydrogens (tertiary/aromatic N) is 2. The molecule has 4 nitrogen and oxygen atoms in total. The van der Waals surface area contributed by atoms with E-state index in [1.54, 1.807) is 18.4 Å². The van der Waals surface area contributed by atoms with E-state index in [9.17, 15) is 0 Å². The molecule has 0 saturated carbocycles. The number of aromatic nitrogens is 3. The van der Waals surface area contributed by atoms with Crippen LogP contribution in [0.1, 0.15) is 5.69 Å². The van der Waals surface area contributed by atoms with Gasteiger partial charge in [-0.3, -0.25) is 5.10 Å². The molecule has 0 aliphatic rings. The normalized spacial score (nSPS) is 10.9. The minimum atomic E-state index is 0.552. The van der Waals surface area contributed by atoms with Gasteiger partial charge in [-0.1, -0.05) is 55.1 Å². The number of H-pyrrole nitrogens is 1. The number of ether oxygens (including phenoxy) is 1. The fourth-order valence-electron chi connectivity index (χ4n) is 2.62. The van der Waals surface area contributed by atoms with Crippen molar-refractivity contribution in [2.45, 2.75) is 0 Å². The van der Waals surface area contributed by atoms with Crippen LogP contribution in [0.2, 0.25) is 0 Å². The van der Waals surface area contributed by atoms with Gasteiger partial charge in [0, 0.05) is 5.39 Å². The number of hydrogen-bond acceptors (Lipinski definition) is 4. The monoisotopic (exact) mass is 333 g/mol. The predicted octanol–water partition coefficient (Wildman–Crippen LogP) is 4.97. The van der Waals surface area contributed by atoms with Crippen molar-refractivity contribution in [3.8, 4) is 21.1 Å².